The van der Waals surface area contributed by atoms with Gasteiger partial charge in [0.2, 0.25) is 0 Å². The van der Waals surface area contributed by atoms with E-state index >= 15 is 0 Å². The summed E-state index contributed by atoms with van der Waals surface area (Å²) in [5.41, 5.74) is 1.15. The zero-order valence-electron chi connectivity index (χ0n) is 7.81. The highest BCUT2D eigenvalue weighted by molar-refractivity contribution is 6.31. The lowest BCUT2D eigenvalue weighted by Gasteiger charge is -2.05. The van der Waals surface area contributed by atoms with Gasteiger partial charge < -0.3 is 10.6 Å². The van der Waals surface area contributed by atoms with Gasteiger partial charge in [-0.1, -0.05) is 29.8 Å². The molecule has 0 aliphatic heterocycles. The maximum atomic E-state index is 5.98. The van der Waals surface area contributed by atoms with Gasteiger partial charge in [-0.05, 0) is 18.7 Å². The van der Waals surface area contributed by atoms with E-state index in [1.54, 1.807) is 0 Å². The summed E-state index contributed by atoms with van der Waals surface area (Å²) >= 11 is 5.98. The smallest absolute Gasteiger partial charge is 0.0450 e. The number of benzene rings is 1. The zero-order chi connectivity index (χ0) is 9.52. The first kappa shape index (κ1) is 10.5. The second kappa shape index (κ2) is 5.97. The summed E-state index contributed by atoms with van der Waals surface area (Å²) in [5.74, 6) is 0. The summed E-state index contributed by atoms with van der Waals surface area (Å²) < 4.78 is 0. The lowest BCUT2D eigenvalue weighted by Crippen LogP contribution is -2.24. The minimum atomic E-state index is 0.833. The summed E-state index contributed by atoms with van der Waals surface area (Å²) in [6.07, 6.45) is 0. The van der Waals surface area contributed by atoms with Gasteiger partial charge in [0.1, 0.15) is 0 Å². The molecular formula is C10H15ClN2. The highest BCUT2D eigenvalue weighted by atomic mass is 35.5. The Hall–Kier alpha value is -0.570. The molecule has 0 radical (unpaired) electrons. The fraction of sp³-hybridized carbons (Fsp3) is 0.400. The summed E-state index contributed by atoms with van der Waals surface area (Å²) in [4.78, 5) is 0. The van der Waals surface area contributed by atoms with Gasteiger partial charge in [-0.3, -0.25) is 0 Å². The van der Waals surface area contributed by atoms with E-state index in [0.29, 0.717) is 0 Å². The minimum Gasteiger partial charge on any atom is -0.318 e. The van der Waals surface area contributed by atoms with Crippen LogP contribution in [0.25, 0.3) is 0 Å². The maximum absolute atomic E-state index is 5.98. The van der Waals surface area contributed by atoms with Crippen molar-refractivity contribution in [1.29, 1.82) is 0 Å². The molecule has 0 fully saturated rings. The van der Waals surface area contributed by atoms with Crippen molar-refractivity contribution in [3.05, 3.63) is 34.9 Å². The molecule has 1 rings (SSSR count). The van der Waals surface area contributed by atoms with Crippen molar-refractivity contribution in [1.82, 2.24) is 10.6 Å². The molecule has 2 N–H and O–H groups in total. The van der Waals surface area contributed by atoms with Gasteiger partial charge in [-0.25, -0.2) is 0 Å². The fourth-order valence-electron chi connectivity index (χ4n) is 1.08. The number of rotatable bonds is 5. The Bertz CT molecular complexity index is 250. The van der Waals surface area contributed by atoms with Gasteiger partial charge in [0.15, 0.2) is 0 Å². The molecule has 0 aromatic heterocycles. The first-order valence-electron chi connectivity index (χ1n) is 4.43. The molecule has 13 heavy (non-hydrogen) atoms. The Morgan fingerprint density at radius 2 is 2.00 bits per heavy atom. The highest BCUT2D eigenvalue weighted by Crippen LogP contribution is 2.13. The Labute approximate surface area is 84.3 Å². The number of hydrogen-bond donors (Lipinski definition) is 2. The van der Waals surface area contributed by atoms with Crippen molar-refractivity contribution < 1.29 is 0 Å². The van der Waals surface area contributed by atoms with Gasteiger partial charge in [0, 0.05) is 24.7 Å². The number of nitrogens with one attached hydrogen (secondary N) is 2. The van der Waals surface area contributed by atoms with Crippen LogP contribution in [0.4, 0.5) is 0 Å². The molecule has 0 unspecified atom stereocenters. The van der Waals surface area contributed by atoms with Crippen molar-refractivity contribution >= 4 is 11.6 Å². The molecular weight excluding hydrogens is 184 g/mol. The van der Waals surface area contributed by atoms with Gasteiger partial charge >= 0.3 is 0 Å². The van der Waals surface area contributed by atoms with E-state index in [1.807, 2.05) is 31.3 Å². The molecule has 3 heteroatoms. The van der Waals surface area contributed by atoms with Crippen LogP contribution >= 0.6 is 11.6 Å². The minimum absolute atomic E-state index is 0.833. The van der Waals surface area contributed by atoms with E-state index < -0.39 is 0 Å². The predicted octanol–water partition coefficient (Wildman–Crippen LogP) is 1.65. The first-order chi connectivity index (χ1) is 6.34. The maximum Gasteiger partial charge on any atom is 0.0450 e. The molecule has 0 saturated carbocycles. The molecule has 0 aliphatic carbocycles. The Morgan fingerprint density at radius 3 is 2.69 bits per heavy atom. The quantitative estimate of drug-likeness (QED) is 0.704. The van der Waals surface area contributed by atoms with Gasteiger partial charge in [-0.15, -0.1) is 0 Å². The van der Waals surface area contributed by atoms with Crippen molar-refractivity contribution in [2.24, 2.45) is 0 Å². The van der Waals surface area contributed by atoms with Crippen LogP contribution < -0.4 is 10.6 Å². The van der Waals surface area contributed by atoms with E-state index in [9.17, 15) is 0 Å². The third kappa shape index (κ3) is 3.77. The van der Waals surface area contributed by atoms with Crippen LogP contribution in [0.3, 0.4) is 0 Å². The van der Waals surface area contributed by atoms with Gasteiger partial charge in [0.05, 0.1) is 0 Å². The van der Waals surface area contributed by atoms with E-state index in [0.717, 1.165) is 30.2 Å². The van der Waals surface area contributed by atoms with E-state index in [1.165, 1.54) is 0 Å². The van der Waals surface area contributed by atoms with Crippen LogP contribution in [-0.2, 0) is 6.54 Å². The molecule has 0 amide bonds. The molecule has 2 nitrogen and oxygen atoms in total. The topological polar surface area (TPSA) is 24.1 Å². The van der Waals surface area contributed by atoms with Crippen LogP contribution in [-0.4, -0.2) is 20.1 Å². The van der Waals surface area contributed by atoms with E-state index in [-0.39, 0.29) is 0 Å². The number of hydrogen-bond acceptors (Lipinski definition) is 2. The molecule has 1 aromatic carbocycles. The summed E-state index contributed by atoms with van der Waals surface area (Å²) in [7, 11) is 1.94. The van der Waals surface area contributed by atoms with Crippen LogP contribution in [0.2, 0.25) is 5.02 Å². The molecule has 0 spiro atoms. The van der Waals surface area contributed by atoms with Gasteiger partial charge in [0.25, 0.3) is 0 Å². The molecule has 72 valence electrons. The average Bonchev–Trinajstić information content (AvgIpc) is 2.15. The average molecular weight is 199 g/mol. The third-order valence-electron chi connectivity index (χ3n) is 1.83. The largest absolute Gasteiger partial charge is 0.318 e. The van der Waals surface area contributed by atoms with Crippen molar-refractivity contribution in [3.8, 4) is 0 Å². The normalized spacial score (nSPS) is 10.3. The second-order valence-electron chi connectivity index (χ2n) is 2.87. The molecule has 0 heterocycles. The zero-order valence-corrected chi connectivity index (χ0v) is 8.56. The summed E-state index contributed by atoms with van der Waals surface area (Å²) in [6.45, 7) is 2.77. The van der Waals surface area contributed by atoms with Crippen molar-refractivity contribution in [3.63, 3.8) is 0 Å². The van der Waals surface area contributed by atoms with E-state index in [2.05, 4.69) is 10.6 Å². The summed E-state index contributed by atoms with van der Waals surface area (Å²) in [5, 5.41) is 7.20. The SMILES string of the molecule is CNCCNCc1ccccc1Cl. The van der Waals surface area contributed by atoms with Crippen LogP contribution in [0.1, 0.15) is 5.56 Å². The standard InChI is InChI=1S/C10H15ClN2/c1-12-6-7-13-8-9-4-2-3-5-10(9)11/h2-5,12-13H,6-8H2,1H3. The molecule has 1 aromatic rings. The van der Waals surface area contributed by atoms with Gasteiger partial charge in [-0.2, -0.15) is 0 Å². The molecule has 0 bridgehead atoms. The Balaban J connectivity index is 2.32. The predicted molar refractivity (Wildman–Crippen MR) is 57.1 cm³/mol. The van der Waals surface area contributed by atoms with Crippen LogP contribution in [0.5, 0.6) is 0 Å². The van der Waals surface area contributed by atoms with E-state index in [4.69, 9.17) is 11.6 Å². The van der Waals surface area contributed by atoms with Crippen molar-refractivity contribution in [2.45, 2.75) is 6.54 Å². The molecule has 0 saturated heterocycles. The van der Waals surface area contributed by atoms with Crippen molar-refractivity contribution in [2.75, 3.05) is 20.1 Å². The first-order valence-corrected chi connectivity index (χ1v) is 4.81. The molecule has 0 atom stereocenters. The van der Waals surface area contributed by atoms with Crippen LogP contribution in [0, 0.1) is 0 Å². The highest BCUT2D eigenvalue weighted by Gasteiger charge is 1.96. The third-order valence-corrected chi connectivity index (χ3v) is 2.19. The second-order valence-corrected chi connectivity index (χ2v) is 3.28. The number of likely N-dealkylation sites (N-methyl/N-ethyl adjacent to an activating group) is 1. The lowest BCUT2D eigenvalue weighted by atomic mass is 10.2. The number of halogens is 1. The Kier molecular flexibility index (Phi) is 4.83. The Morgan fingerprint density at radius 1 is 1.23 bits per heavy atom. The summed E-state index contributed by atoms with van der Waals surface area (Å²) in [6, 6.07) is 7.89. The van der Waals surface area contributed by atoms with Crippen LogP contribution in [0.15, 0.2) is 24.3 Å². The fourth-order valence-corrected chi connectivity index (χ4v) is 1.28. The monoisotopic (exact) mass is 198 g/mol. The lowest BCUT2D eigenvalue weighted by molar-refractivity contribution is 0.651. The molecule has 0 aliphatic rings.